The maximum atomic E-state index is 13.9. The van der Waals surface area contributed by atoms with Crippen molar-refractivity contribution < 1.29 is 8.78 Å². The third kappa shape index (κ3) is 4.42. The summed E-state index contributed by atoms with van der Waals surface area (Å²) in [5, 5.41) is -0.369. The predicted molar refractivity (Wildman–Crippen MR) is 113 cm³/mol. The van der Waals surface area contributed by atoms with Gasteiger partial charge in [-0.25, -0.2) is 8.78 Å². The van der Waals surface area contributed by atoms with Crippen LogP contribution in [0, 0.1) is 41.2 Å². The van der Waals surface area contributed by atoms with Crippen molar-refractivity contribution in [2.45, 2.75) is 89.9 Å². The second-order valence-electron chi connectivity index (χ2n) is 9.97. The van der Waals surface area contributed by atoms with Gasteiger partial charge in [-0.3, -0.25) is 0 Å². The molecule has 0 heterocycles. The Balaban J connectivity index is 1.33. The zero-order valence-electron chi connectivity index (χ0n) is 17.2. The van der Waals surface area contributed by atoms with Crippen molar-refractivity contribution in [3.63, 3.8) is 0 Å². The Kier molecular flexibility index (Phi) is 6.65. The van der Waals surface area contributed by atoms with Crippen LogP contribution in [0.5, 0.6) is 0 Å². The molecule has 156 valence electrons. The first-order valence-corrected chi connectivity index (χ1v) is 12.1. The third-order valence-electron chi connectivity index (χ3n) is 8.39. The highest BCUT2D eigenvalue weighted by atomic mass is 35.5. The molecule has 0 amide bonds. The standard InChI is InChI=1S/C25H35ClF2/c1-2-3-16-4-6-17(7-5-16)18-8-9-20-13-21(11-10-19(20)12-18)22-14-23(27)25(26)24(28)15-22/h14-21H,2-13H2,1H3. The zero-order valence-corrected chi connectivity index (χ0v) is 18.0. The van der Waals surface area contributed by atoms with Crippen LogP contribution >= 0.6 is 11.6 Å². The summed E-state index contributed by atoms with van der Waals surface area (Å²) in [4.78, 5) is 0. The van der Waals surface area contributed by atoms with E-state index in [9.17, 15) is 8.78 Å². The molecule has 4 rings (SSSR count). The molecule has 28 heavy (non-hydrogen) atoms. The molecule has 0 aromatic heterocycles. The van der Waals surface area contributed by atoms with Gasteiger partial charge in [-0.05, 0) is 105 Å². The number of hydrogen-bond acceptors (Lipinski definition) is 0. The molecule has 3 aliphatic carbocycles. The van der Waals surface area contributed by atoms with Crippen molar-refractivity contribution in [1.29, 1.82) is 0 Å². The van der Waals surface area contributed by atoms with E-state index >= 15 is 0 Å². The molecule has 3 fully saturated rings. The molecule has 0 N–H and O–H groups in total. The normalized spacial score (nSPS) is 36.1. The quantitative estimate of drug-likeness (QED) is 0.438. The van der Waals surface area contributed by atoms with Crippen molar-refractivity contribution in [2.75, 3.05) is 0 Å². The Bertz CT molecular complexity index is 642. The molecule has 0 bridgehead atoms. The Morgan fingerprint density at radius 3 is 1.96 bits per heavy atom. The van der Waals surface area contributed by atoms with E-state index in [1.807, 2.05) is 0 Å². The van der Waals surface area contributed by atoms with Crippen LogP contribution < -0.4 is 0 Å². The number of halogens is 3. The van der Waals surface area contributed by atoms with Gasteiger partial charge in [0.1, 0.15) is 16.7 Å². The highest BCUT2D eigenvalue weighted by Crippen LogP contribution is 2.51. The average Bonchev–Trinajstić information content (AvgIpc) is 2.71. The van der Waals surface area contributed by atoms with Crippen LogP contribution in [-0.4, -0.2) is 0 Å². The minimum Gasteiger partial charge on any atom is -0.205 e. The van der Waals surface area contributed by atoms with E-state index in [-0.39, 0.29) is 5.02 Å². The van der Waals surface area contributed by atoms with E-state index in [1.54, 1.807) is 0 Å². The van der Waals surface area contributed by atoms with Crippen molar-refractivity contribution in [2.24, 2.45) is 29.6 Å². The molecule has 1 aromatic rings. The Labute approximate surface area is 174 Å². The fourth-order valence-corrected chi connectivity index (χ4v) is 6.93. The predicted octanol–water partition coefficient (Wildman–Crippen LogP) is 8.52. The van der Waals surface area contributed by atoms with Gasteiger partial charge >= 0.3 is 0 Å². The fourth-order valence-electron chi connectivity index (χ4n) is 6.82. The van der Waals surface area contributed by atoms with E-state index < -0.39 is 11.6 Å². The minimum absolute atomic E-state index is 0.295. The highest BCUT2D eigenvalue weighted by Gasteiger charge is 2.39. The largest absolute Gasteiger partial charge is 0.205 e. The smallest absolute Gasteiger partial charge is 0.145 e. The number of benzene rings is 1. The molecule has 0 nitrogen and oxygen atoms in total. The molecule has 3 aliphatic rings. The zero-order chi connectivity index (χ0) is 19.7. The van der Waals surface area contributed by atoms with Gasteiger partial charge in [-0.1, -0.05) is 44.2 Å². The van der Waals surface area contributed by atoms with Gasteiger partial charge in [0.05, 0.1) is 0 Å². The van der Waals surface area contributed by atoms with Gasteiger partial charge in [0.2, 0.25) is 0 Å². The van der Waals surface area contributed by atoms with Crippen LogP contribution in [0.15, 0.2) is 12.1 Å². The summed E-state index contributed by atoms with van der Waals surface area (Å²) in [6.45, 7) is 2.32. The Morgan fingerprint density at radius 1 is 0.786 bits per heavy atom. The van der Waals surface area contributed by atoms with E-state index in [0.29, 0.717) is 5.92 Å². The van der Waals surface area contributed by atoms with Gasteiger partial charge in [0.25, 0.3) is 0 Å². The Morgan fingerprint density at radius 2 is 1.32 bits per heavy atom. The maximum absolute atomic E-state index is 13.9. The molecular formula is C25H35ClF2. The minimum atomic E-state index is -0.610. The van der Waals surface area contributed by atoms with Crippen LogP contribution in [0.3, 0.4) is 0 Å². The fraction of sp³-hybridized carbons (Fsp3) is 0.760. The van der Waals surface area contributed by atoms with E-state index in [2.05, 4.69) is 6.92 Å². The van der Waals surface area contributed by atoms with Gasteiger partial charge in [0.15, 0.2) is 0 Å². The van der Waals surface area contributed by atoms with Crippen LogP contribution in [0.25, 0.3) is 0 Å². The van der Waals surface area contributed by atoms with Crippen molar-refractivity contribution in [3.05, 3.63) is 34.4 Å². The first-order chi connectivity index (χ1) is 13.5. The molecule has 3 heteroatoms. The molecule has 0 radical (unpaired) electrons. The van der Waals surface area contributed by atoms with Crippen LogP contribution in [0.1, 0.15) is 95.5 Å². The molecule has 4 atom stereocenters. The van der Waals surface area contributed by atoms with Gasteiger partial charge in [0, 0.05) is 0 Å². The van der Waals surface area contributed by atoms with Crippen molar-refractivity contribution in [3.8, 4) is 0 Å². The lowest BCUT2D eigenvalue weighted by molar-refractivity contribution is 0.0711. The molecule has 0 saturated heterocycles. The molecule has 4 unspecified atom stereocenters. The molecule has 1 aromatic carbocycles. The number of rotatable bonds is 4. The summed E-state index contributed by atoms with van der Waals surface area (Å²) in [5.74, 6) is 3.55. The third-order valence-corrected chi connectivity index (χ3v) is 8.75. The summed E-state index contributed by atoms with van der Waals surface area (Å²) in [7, 11) is 0. The van der Waals surface area contributed by atoms with Gasteiger partial charge in [-0.15, -0.1) is 0 Å². The summed E-state index contributed by atoms with van der Waals surface area (Å²) < 4.78 is 27.8. The first kappa shape index (κ1) is 20.6. The van der Waals surface area contributed by atoms with E-state index in [0.717, 1.165) is 48.0 Å². The Hall–Kier alpha value is -0.630. The van der Waals surface area contributed by atoms with Crippen molar-refractivity contribution >= 4 is 11.6 Å². The van der Waals surface area contributed by atoms with Gasteiger partial charge < -0.3 is 0 Å². The second kappa shape index (κ2) is 9.02. The number of hydrogen-bond donors (Lipinski definition) is 0. The molecule has 0 spiro atoms. The van der Waals surface area contributed by atoms with Crippen molar-refractivity contribution in [1.82, 2.24) is 0 Å². The maximum Gasteiger partial charge on any atom is 0.145 e. The van der Waals surface area contributed by atoms with Crippen LogP contribution in [0.2, 0.25) is 5.02 Å². The second-order valence-corrected chi connectivity index (χ2v) is 10.3. The summed E-state index contributed by atoms with van der Waals surface area (Å²) in [6.07, 6.45) is 16.1. The van der Waals surface area contributed by atoms with Crippen LogP contribution in [-0.2, 0) is 0 Å². The van der Waals surface area contributed by atoms with E-state index in [4.69, 9.17) is 11.6 Å². The monoisotopic (exact) mass is 408 g/mol. The molecule has 3 saturated carbocycles. The summed E-state index contributed by atoms with van der Waals surface area (Å²) in [6, 6.07) is 2.94. The summed E-state index contributed by atoms with van der Waals surface area (Å²) >= 11 is 5.67. The lowest BCUT2D eigenvalue weighted by Gasteiger charge is -2.45. The van der Waals surface area contributed by atoms with Crippen LogP contribution in [0.4, 0.5) is 8.78 Å². The van der Waals surface area contributed by atoms with E-state index in [1.165, 1.54) is 76.3 Å². The number of fused-ring (bicyclic) bond motifs is 1. The summed E-state index contributed by atoms with van der Waals surface area (Å²) in [5.41, 5.74) is 0.814. The highest BCUT2D eigenvalue weighted by molar-refractivity contribution is 6.30. The molecular weight excluding hydrogens is 374 g/mol. The lowest BCUT2D eigenvalue weighted by Crippen LogP contribution is -2.34. The molecule has 0 aliphatic heterocycles. The first-order valence-electron chi connectivity index (χ1n) is 11.7. The average molecular weight is 409 g/mol. The lowest BCUT2D eigenvalue weighted by atomic mass is 9.60. The van der Waals surface area contributed by atoms with Gasteiger partial charge in [-0.2, -0.15) is 0 Å². The SMILES string of the molecule is CCCC1CCC(C2CCC3CC(c4cc(F)c(Cl)c(F)c4)CCC3C2)CC1. The topological polar surface area (TPSA) is 0 Å².